The second kappa shape index (κ2) is 9.05. The minimum absolute atomic E-state index is 0.0983. The number of hydroxylamine groups is 1. The van der Waals surface area contributed by atoms with E-state index in [1.807, 2.05) is 30.3 Å². The molecule has 1 saturated carbocycles. The molecule has 1 aliphatic carbocycles. The van der Waals surface area contributed by atoms with Crippen molar-refractivity contribution in [1.29, 1.82) is 0 Å². The number of hydrogen-bond acceptors (Lipinski definition) is 6. The average molecular weight is 428 g/mol. The maximum Gasteiger partial charge on any atom is 0.247 e. The number of nitrogens with one attached hydrogen (secondary N) is 1. The first-order valence-electron chi connectivity index (χ1n) is 10.9. The number of benzene rings is 1. The van der Waals surface area contributed by atoms with Crippen molar-refractivity contribution in [2.24, 2.45) is 11.8 Å². The first kappa shape index (κ1) is 21.3. The van der Waals surface area contributed by atoms with E-state index in [1.165, 1.54) is 4.90 Å². The Morgan fingerprint density at radius 1 is 0.903 bits per heavy atom. The molecule has 31 heavy (non-hydrogen) atoms. The van der Waals surface area contributed by atoms with Gasteiger partial charge in [0.05, 0.1) is 5.92 Å². The Kier molecular flexibility index (Phi) is 6.22. The number of likely N-dealkylation sites (tertiary alicyclic amines) is 1. The zero-order valence-corrected chi connectivity index (χ0v) is 17.4. The van der Waals surface area contributed by atoms with Crippen LogP contribution in [-0.4, -0.2) is 70.9 Å². The van der Waals surface area contributed by atoms with Crippen LogP contribution in [0.1, 0.15) is 32.1 Å². The highest BCUT2D eigenvalue weighted by atomic mass is 16.5. The molecule has 2 N–H and O–H groups in total. The molecule has 2 aliphatic heterocycles. The molecule has 3 fully saturated rings. The lowest BCUT2D eigenvalue weighted by Gasteiger charge is -2.41. The van der Waals surface area contributed by atoms with Gasteiger partial charge in [0, 0.05) is 56.7 Å². The lowest BCUT2D eigenvalue weighted by Crippen LogP contribution is -2.54. The number of imide groups is 1. The van der Waals surface area contributed by atoms with E-state index in [9.17, 15) is 24.4 Å². The van der Waals surface area contributed by atoms with E-state index in [1.54, 1.807) is 10.4 Å². The van der Waals surface area contributed by atoms with Crippen molar-refractivity contribution >= 4 is 29.3 Å². The van der Waals surface area contributed by atoms with Gasteiger partial charge in [0.1, 0.15) is 0 Å². The lowest BCUT2D eigenvalue weighted by atomic mass is 9.75. The first-order chi connectivity index (χ1) is 15.0. The fraction of sp³-hybridized carbons (Fsp3) is 0.545. The van der Waals surface area contributed by atoms with Crippen LogP contribution < -0.4 is 10.4 Å². The topological polar surface area (TPSA) is 110 Å². The summed E-state index contributed by atoms with van der Waals surface area (Å²) in [5.74, 6) is -2.52. The number of rotatable bonds is 4. The van der Waals surface area contributed by atoms with Crippen molar-refractivity contribution in [3.8, 4) is 0 Å². The Balaban J connectivity index is 1.42. The van der Waals surface area contributed by atoms with Crippen LogP contribution in [0.15, 0.2) is 30.3 Å². The molecule has 166 valence electrons. The van der Waals surface area contributed by atoms with Crippen LogP contribution in [0.3, 0.4) is 0 Å². The van der Waals surface area contributed by atoms with Gasteiger partial charge in [-0.1, -0.05) is 18.2 Å². The van der Waals surface area contributed by atoms with Crippen LogP contribution in [0, 0.1) is 11.8 Å². The summed E-state index contributed by atoms with van der Waals surface area (Å²) in [4.78, 5) is 55.2. The Bertz CT molecular complexity index is 837. The van der Waals surface area contributed by atoms with Crippen molar-refractivity contribution in [2.75, 3.05) is 31.1 Å². The third kappa shape index (κ3) is 4.27. The van der Waals surface area contributed by atoms with E-state index in [2.05, 4.69) is 4.90 Å². The summed E-state index contributed by atoms with van der Waals surface area (Å²) in [5, 5.41) is 9.23. The maximum absolute atomic E-state index is 13.3. The van der Waals surface area contributed by atoms with Crippen LogP contribution in [0.4, 0.5) is 5.69 Å². The molecule has 9 heteroatoms. The molecular formula is C22H28N4O5. The first-order valence-corrected chi connectivity index (χ1v) is 10.9. The van der Waals surface area contributed by atoms with E-state index in [0.717, 1.165) is 5.69 Å². The SMILES string of the molecule is O=C(NO)[C@@H]1C[C@H](N2C(=O)CCC2=O)CC[C@H]1C(=O)N1CCN(c2ccccc2)CC1. The summed E-state index contributed by atoms with van der Waals surface area (Å²) >= 11 is 0. The van der Waals surface area contributed by atoms with Crippen LogP contribution >= 0.6 is 0 Å². The highest BCUT2D eigenvalue weighted by molar-refractivity contribution is 6.02. The second-order valence-electron chi connectivity index (χ2n) is 8.46. The summed E-state index contributed by atoms with van der Waals surface area (Å²) < 4.78 is 0. The second-order valence-corrected chi connectivity index (χ2v) is 8.46. The van der Waals surface area contributed by atoms with Crippen molar-refractivity contribution < 1.29 is 24.4 Å². The van der Waals surface area contributed by atoms with Crippen LogP contribution in [-0.2, 0) is 19.2 Å². The van der Waals surface area contributed by atoms with E-state index >= 15 is 0 Å². The quantitative estimate of drug-likeness (QED) is 0.417. The van der Waals surface area contributed by atoms with Crippen LogP contribution in [0.2, 0.25) is 0 Å². The zero-order valence-electron chi connectivity index (χ0n) is 17.4. The molecule has 0 spiro atoms. The Morgan fingerprint density at radius 3 is 2.16 bits per heavy atom. The predicted molar refractivity (Wildman–Crippen MR) is 111 cm³/mol. The van der Waals surface area contributed by atoms with Gasteiger partial charge in [-0.2, -0.15) is 0 Å². The summed E-state index contributed by atoms with van der Waals surface area (Å²) in [6.07, 6.45) is 1.48. The van der Waals surface area contributed by atoms with Gasteiger partial charge >= 0.3 is 0 Å². The van der Waals surface area contributed by atoms with E-state index in [0.29, 0.717) is 39.0 Å². The smallest absolute Gasteiger partial charge is 0.247 e. The highest BCUT2D eigenvalue weighted by Gasteiger charge is 2.45. The minimum atomic E-state index is -0.774. The Morgan fingerprint density at radius 2 is 1.55 bits per heavy atom. The summed E-state index contributed by atoms with van der Waals surface area (Å²) in [5.41, 5.74) is 2.80. The van der Waals surface area contributed by atoms with Gasteiger partial charge in [-0.3, -0.25) is 29.3 Å². The minimum Gasteiger partial charge on any atom is -0.368 e. The molecule has 1 aromatic carbocycles. The molecule has 0 aromatic heterocycles. The Labute approximate surface area is 180 Å². The molecule has 3 atom stereocenters. The molecule has 9 nitrogen and oxygen atoms in total. The fourth-order valence-electron chi connectivity index (χ4n) is 5.11. The fourth-order valence-corrected chi connectivity index (χ4v) is 5.11. The lowest BCUT2D eigenvalue weighted by molar-refractivity contribution is -0.151. The average Bonchev–Trinajstić information content (AvgIpc) is 3.16. The molecule has 2 saturated heterocycles. The summed E-state index contributed by atoms with van der Waals surface area (Å²) in [7, 11) is 0. The van der Waals surface area contributed by atoms with Crippen LogP contribution in [0.5, 0.6) is 0 Å². The zero-order chi connectivity index (χ0) is 22.0. The summed E-state index contributed by atoms with van der Waals surface area (Å²) in [6.45, 7) is 2.53. The largest absolute Gasteiger partial charge is 0.368 e. The molecule has 1 aromatic rings. The van der Waals surface area contributed by atoms with Gasteiger partial charge in [-0.15, -0.1) is 0 Å². The molecule has 3 aliphatic rings. The van der Waals surface area contributed by atoms with E-state index in [4.69, 9.17) is 0 Å². The number of carbonyl (C=O) groups excluding carboxylic acids is 4. The number of anilines is 1. The molecule has 0 bridgehead atoms. The molecular weight excluding hydrogens is 400 g/mol. The van der Waals surface area contributed by atoms with Crippen molar-refractivity contribution in [3.05, 3.63) is 30.3 Å². The van der Waals surface area contributed by atoms with Gasteiger partial charge < -0.3 is 9.80 Å². The maximum atomic E-state index is 13.3. The highest BCUT2D eigenvalue weighted by Crippen LogP contribution is 2.36. The van der Waals surface area contributed by atoms with Crippen molar-refractivity contribution in [2.45, 2.75) is 38.1 Å². The number of nitrogens with zero attached hydrogens (tertiary/aromatic N) is 3. The predicted octanol–water partition coefficient (Wildman–Crippen LogP) is 0.774. The van der Waals surface area contributed by atoms with E-state index in [-0.39, 0.29) is 37.0 Å². The third-order valence-corrected chi connectivity index (χ3v) is 6.75. The van der Waals surface area contributed by atoms with Crippen molar-refractivity contribution in [3.63, 3.8) is 0 Å². The Hall–Kier alpha value is -2.94. The van der Waals surface area contributed by atoms with E-state index < -0.39 is 23.8 Å². The summed E-state index contributed by atoms with van der Waals surface area (Å²) in [6, 6.07) is 9.62. The van der Waals surface area contributed by atoms with Crippen molar-refractivity contribution in [1.82, 2.24) is 15.3 Å². The van der Waals surface area contributed by atoms with Gasteiger partial charge in [0.2, 0.25) is 23.6 Å². The van der Waals surface area contributed by atoms with Gasteiger partial charge in [-0.25, -0.2) is 5.48 Å². The molecule has 0 unspecified atom stereocenters. The normalized spacial score (nSPS) is 26.9. The number of carbonyl (C=O) groups is 4. The van der Waals surface area contributed by atoms with Crippen LogP contribution in [0.25, 0.3) is 0 Å². The number of hydrogen-bond donors (Lipinski definition) is 2. The third-order valence-electron chi connectivity index (χ3n) is 6.75. The number of piperazine rings is 1. The number of amides is 4. The molecule has 2 heterocycles. The molecule has 4 rings (SSSR count). The molecule has 0 radical (unpaired) electrons. The monoisotopic (exact) mass is 428 g/mol. The van der Waals surface area contributed by atoms with Gasteiger partial charge in [0.15, 0.2) is 0 Å². The standard InChI is InChI=1S/C22H28N4O5/c27-19-8-9-20(28)26(19)16-6-7-17(18(14-16)21(29)23-31)22(30)25-12-10-24(11-13-25)15-4-2-1-3-5-15/h1-5,16-18,31H,6-14H2,(H,23,29)/t16-,17-,18-/m1/s1. The van der Waals surface area contributed by atoms with Gasteiger partial charge in [-0.05, 0) is 31.4 Å². The molecule has 4 amide bonds. The van der Waals surface area contributed by atoms with Gasteiger partial charge in [0.25, 0.3) is 0 Å². The number of para-hydroxylation sites is 1.